The van der Waals surface area contributed by atoms with Crippen molar-refractivity contribution in [2.75, 3.05) is 11.9 Å². The Morgan fingerprint density at radius 1 is 1.38 bits per heavy atom. The average Bonchev–Trinajstić information content (AvgIpc) is 2.99. The molecule has 1 atom stereocenters. The van der Waals surface area contributed by atoms with Crippen molar-refractivity contribution in [2.24, 2.45) is 0 Å². The number of carboxylic acid groups (broad SMARTS) is 1. The maximum atomic E-state index is 11.7. The minimum atomic E-state index is -1.11. The quantitative estimate of drug-likeness (QED) is 0.785. The third-order valence-corrected chi connectivity index (χ3v) is 3.69. The fraction of sp³-hybridized carbons (Fsp3) is 0.231. The van der Waals surface area contributed by atoms with Crippen LogP contribution in [-0.4, -0.2) is 33.6 Å². The van der Waals surface area contributed by atoms with Gasteiger partial charge in [-0.15, -0.1) is 11.3 Å². The van der Waals surface area contributed by atoms with Crippen molar-refractivity contribution in [1.29, 1.82) is 0 Å². The first-order valence-corrected chi connectivity index (χ1v) is 7.08. The van der Waals surface area contributed by atoms with Gasteiger partial charge in [-0.05, 0) is 12.1 Å². The van der Waals surface area contributed by atoms with E-state index in [-0.39, 0.29) is 17.6 Å². The van der Waals surface area contributed by atoms with Crippen LogP contribution in [0.4, 0.5) is 10.5 Å². The molecule has 0 radical (unpaired) electrons. The monoisotopic (exact) mass is 306 g/mol. The molecule has 0 fully saturated rings. The van der Waals surface area contributed by atoms with Gasteiger partial charge >= 0.3 is 12.0 Å². The molecule has 7 nitrogen and oxygen atoms in total. The van der Waals surface area contributed by atoms with E-state index in [1.54, 1.807) is 17.5 Å². The smallest absolute Gasteiger partial charge is 0.354 e. The zero-order chi connectivity index (χ0) is 15.2. The standard InChI is InChI=1S/C13H14N4O3S/c1-8(11-14-4-5-21-11)6-16-13(20)17-9-2-3-10(12(18)19)15-7-9/h2-5,7-8H,6H2,1H3,(H,18,19)(H2,16,17,20). The van der Waals surface area contributed by atoms with Crippen molar-refractivity contribution >= 4 is 29.0 Å². The molecule has 0 saturated heterocycles. The van der Waals surface area contributed by atoms with Gasteiger partial charge in [-0.3, -0.25) is 0 Å². The topological polar surface area (TPSA) is 104 Å². The first-order valence-electron chi connectivity index (χ1n) is 6.20. The van der Waals surface area contributed by atoms with Gasteiger partial charge in [0.2, 0.25) is 0 Å². The minimum absolute atomic E-state index is 0.0710. The van der Waals surface area contributed by atoms with Crippen LogP contribution in [0.1, 0.15) is 28.3 Å². The van der Waals surface area contributed by atoms with E-state index in [9.17, 15) is 9.59 Å². The Morgan fingerprint density at radius 3 is 2.76 bits per heavy atom. The van der Waals surface area contributed by atoms with Crippen molar-refractivity contribution in [3.8, 4) is 0 Å². The van der Waals surface area contributed by atoms with Crippen LogP contribution in [0.2, 0.25) is 0 Å². The Hall–Kier alpha value is -2.48. The van der Waals surface area contributed by atoms with Crippen molar-refractivity contribution in [2.45, 2.75) is 12.8 Å². The molecule has 0 spiro atoms. The number of nitrogens with zero attached hydrogens (tertiary/aromatic N) is 2. The number of urea groups is 1. The van der Waals surface area contributed by atoms with Gasteiger partial charge in [-0.2, -0.15) is 0 Å². The summed E-state index contributed by atoms with van der Waals surface area (Å²) in [6.45, 7) is 2.43. The molecule has 2 aromatic heterocycles. The molecule has 1 unspecified atom stereocenters. The first-order chi connectivity index (χ1) is 10.1. The third-order valence-electron chi connectivity index (χ3n) is 2.68. The van der Waals surface area contributed by atoms with Gasteiger partial charge in [-0.1, -0.05) is 6.92 Å². The molecule has 0 aliphatic carbocycles. The molecule has 0 aliphatic rings. The number of hydrogen-bond acceptors (Lipinski definition) is 5. The summed E-state index contributed by atoms with van der Waals surface area (Å²) in [6, 6.07) is 2.44. The van der Waals surface area contributed by atoms with E-state index in [4.69, 9.17) is 5.11 Å². The van der Waals surface area contributed by atoms with E-state index < -0.39 is 5.97 Å². The highest BCUT2D eigenvalue weighted by molar-refractivity contribution is 7.09. The van der Waals surface area contributed by atoms with Crippen LogP contribution in [0.15, 0.2) is 29.9 Å². The number of hydrogen-bond donors (Lipinski definition) is 3. The molecule has 2 rings (SSSR count). The summed E-state index contributed by atoms with van der Waals surface area (Å²) >= 11 is 1.54. The number of carbonyl (C=O) groups is 2. The lowest BCUT2D eigenvalue weighted by Crippen LogP contribution is -2.31. The number of anilines is 1. The van der Waals surface area contributed by atoms with Crippen LogP contribution in [0, 0.1) is 0 Å². The van der Waals surface area contributed by atoms with Crippen LogP contribution < -0.4 is 10.6 Å². The molecule has 0 saturated carbocycles. The predicted octanol–water partition coefficient (Wildman–Crippen LogP) is 2.16. The van der Waals surface area contributed by atoms with Crippen molar-refractivity contribution < 1.29 is 14.7 Å². The largest absolute Gasteiger partial charge is 0.477 e. The van der Waals surface area contributed by atoms with Gasteiger partial charge in [0, 0.05) is 24.0 Å². The van der Waals surface area contributed by atoms with Crippen LogP contribution in [0.25, 0.3) is 0 Å². The van der Waals surface area contributed by atoms with E-state index in [2.05, 4.69) is 20.6 Å². The van der Waals surface area contributed by atoms with E-state index in [0.29, 0.717) is 12.2 Å². The van der Waals surface area contributed by atoms with Gasteiger partial charge in [0.05, 0.1) is 16.9 Å². The third kappa shape index (κ3) is 4.25. The summed E-state index contributed by atoms with van der Waals surface area (Å²) in [5, 5.41) is 16.9. The van der Waals surface area contributed by atoms with Crippen LogP contribution in [-0.2, 0) is 0 Å². The average molecular weight is 306 g/mol. The molecule has 2 aromatic rings. The number of amides is 2. The number of aromatic nitrogens is 2. The second-order valence-electron chi connectivity index (χ2n) is 4.34. The summed E-state index contributed by atoms with van der Waals surface area (Å²) in [4.78, 5) is 30.3. The Balaban J connectivity index is 1.83. The normalized spacial score (nSPS) is 11.7. The Kier molecular flexibility index (Phi) is 4.83. The molecule has 3 N–H and O–H groups in total. The fourth-order valence-corrected chi connectivity index (χ4v) is 2.28. The van der Waals surface area contributed by atoms with Crippen LogP contribution >= 0.6 is 11.3 Å². The number of thiazole rings is 1. The number of rotatable bonds is 5. The minimum Gasteiger partial charge on any atom is -0.477 e. The summed E-state index contributed by atoms with van der Waals surface area (Å²) < 4.78 is 0. The van der Waals surface area contributed by atoms with Crippen molar-refractivity contribution in [3.63, 3.8) is 0 Å². The summed E-state index contributed by atoms with van der Waals surface area (Å²) in [5.41, 5.74) is 0.359. The Morgan fingerprint density at radius 2 is 2.19 bits per heavy atom. The molecular weight excluding hydrogens is 292 g/mol. The van der Waals surface area contributed by atoms with Crippen molar-refractivity contribution in [3.05, 3.63) is 40.6 Å². The second kappa shape index (κ2) is 6.80. The highest BCUT2D eigenvalue weighted by Gasteiger charge is 2.10. The summed E-state index contributed by atoms with van der Waals surface area (Å²) in [5.74, 6) is -0.980. The molecule has 110 valence electrons. The first kappa shape index (κ1) is 14.9. The zero-order valence-electron chi connectivity index (χ0n) is 11.2. The highest BCUT2D eigenvalue weighted by Crippen LogP contribution is 2.16. The molecule has 2 heterocycles. The number of pyridine rings is 1. The molecule has 0 bridgehead atoms. The van der Waals surface area contributed by atoms with E-state index in [1.165, 1.54) is 18.3 Å². The summed E-state index contributed by atoms with van der Waals surface area (Å²) in [6.07, 6.45) is 3.03. The van der Waals surface area contributed by atoms with Gasteiger partial charge < -0.3 is 15.7 Å². The SMILES string of the molecule is CC(CNC(=O)Nc1ccc(C(=O)O)nc1)c1nccs1. The molecule has 0 aliphatic heterocycles. The molecule has 8 heteroatoms. The highest BCUT2D eigenvalue weighted by atomic mass is 32.1. The second-order valence-corrected chi connectivity index (χ2v) is 5.27. The maximum Gasteiger partial charge on any atom is 0.354 e. The lowest BCUT2D eigenvalue weighted by molar-refractivity contribution is 0.0690. The van der Waals surface area contributed by atoms with Gasteiger partial charge in [0.1, 0.15) is 5.69 Å². The van der Waals surface area contributed by atoms with E-state index >= 15 is 0 Å². The fourth-order valence-electron chi connectivity index (χ4n) is 1.58. The maximum absolute atomic E-state index is 11.7. The van der Waals surface area contributed by atoms with Gasteiger partial charge in [0.15, 0.2) is 0 Å². The lowest BCUT2D eigenvalue weighted by atomic mass is 10.2. The van der Waals surface area contributed by atoms with E-state index in [1.807, 2.05) is 12.3 Å². The predicted molar refractivity (Wildman–Crippen MR) is 78.7 cm³/mol. The zero-order valence-corrected chi connectivity index (χ0v) is 12.1. The number of nitrogens with one attached hydrogen (secondary N) is 2. The number of carbonyl (C=O) groups excluding carboxylic acids is 1. The molecule has 2 amide bonds. The van der Waals surface area contributed by atoms with Crippen molar-refractivity contribution in [1.82, 2.24) is 15.3 Å². The van der Waals surface area contributed by atoms with Gasteiger partial charge in [0.25, 0.3) is 0 Å². The Labute approximate surface area is 125 Å². The van der Waals surface area contributed by atoms with Gasteiger partial charge in [-0.25, -0.2) is 19.6 Å². The van der Waals surface area contributed by atoms with Crippen LogP contribution in [0.5, 0.6) is 0 Å². The lowest BCUT2D eigenvalue weighted by Gasteiger charge is -2.11. The molecule has 0 aromatic carbocycles. The summed E-state index contributed by atoms with van der Waals surface area (Å²) in [7, 11) is 0. The molecular formula is C13H14N4O3S. The molecule has 21 heavy (non-hydrogen) atoms. The van der Waals surface area contributed by atoms with Crippen LogP contribution in [0.3, 0.4) is 0 Å². The Bertz CT molecular complexity index is 613. The van der Waals surface area contributed by atoms with E-state index in [0.717, 1.165) is 5.01 Å². The number of carboxylic acids is 1. The number of aromatic carboxylic acids is 1.